The molecule has 0 spiro atoms. The van der Waals surface area contributed by atoms with E-state index in [0.29, 0.717) is 21.4 Å². The molecule has 0 radical (unpaired) electrons. The predicted octanol–water partition coefficient (Wildman–Crippen LogP) is 4.16. The quantitative estimate of drug-likeness (QED) is 0.331. The number of nitrogens with zero attached hydrogens (tertiary/aromatic N) is 2. The molecule has 9 nitrogen and oxygen atoms in total. The van der Waals surface area contributed by atoms with Crippen molar-refractivity contribution in [3.63, 3.8) is 0 Å². The van der Waals surface area contributed by atoms with Crippen molar-refractivity contribution >= 4 is 50.7 Å². The summed E-state index contributed by atoms with van der Waals surface area (Å²) in [6, 6.07) is 17.6. The van der Waals surface area contributed by atoms with Gasteiger partial charge in [-0.2, -0.15) is 0 Å². The summed E-state index contributed by atoms with van der Waals surface area (Å²) < 4.78 is 37.4. The number of hydrogen-bond acceptors (Lipinski definition) is 6. The minimum atomic E-state index is -3.95. The van der Waals surface area contributed by atoms with Crippen molar-refractivity contribution < 1.29 is 27.5 Å². The number of rotatable bonds is 12. The number of methoxy groups -OCH3 is 2. The zero-order valence-corrected chi connectivity index (χ0v) is 24.9. The number of carbonyl (C=O) groups is 2. The molecule has 0 aliphatic carbocycles. The van der Waals surface area contributed by atoms with Gasteiger partial charge in [-0.05, 0) is 29.8 Å². The van der Waals surface area contributed by atoms with Gasteiger partial charge >= 0.3 is 0 Å². The van der Waals surface area contributed by atoms with Crippen molar-refractivity contribution in [2.45, 2.75) is 19.0 Å². The lowest BCUT2D eigenvalue weighted by molar-refractivity contribution is -0.139. The Morgan fingerprint density at radius 2 is 1.55 bits per heavy atom. The van der Waals surface area contributed by atoms with E-state index in [1.165, 1.54) is 38.3 Å². The van der Waals surface area contributed by atoms with Crippen LogP contribution in [0.3, 0.4) is 0 Å². The summed E-state index contributed by atoms with van der Waals surface area (Å²) in [7, 11) is 0.394. The van der Waals surface area contributed by atoms with Gasteiger partial charge in [0.05, 0.1) is 26.2 Å². The summed E-state index contributed by atoms with van der Waals surface area (Å²) in [6.45, 7) is -0.732. The Balaban J connectivity index is 2.09. The van der Waals surface area contributed by atoms with Gasteiger partial charge in [0.15, 0.2) is 11.5 Å². The summed E-state index contributed by atoms with van der Waals surface area (Å²) in [5, 5.41) is 3.23. The van der Waals surface area contributed by atoms with Gasteiger partial charge in [0.25, 0.3) is 0 Å². The summed E-state index contributed by atoms with van der Waals surface area (Å²) in [5.41, 5.74) is 1.42. The molecule has 0 fully saturated rings. The number of amides is 2. The van der Waals surface area contributed by atoms with E-state index >= 15 is 0 Å². The molecule has 1 atom stereocenters. The van der Waals surface area contributed by atoms with Gasteiger partial charge in [0.2, 0.25) is 21.8 Å². The first-order valence-electron chi connectivity index (χ1n) is 12.2. The van der Waals surface area contributed by atoms with Crippen LogP contribution in [0, 0.1) is 0 Å². The highest BCUT2D eigenvalue weighted by Crippen LogP contribution is 2.33. The van der Waals surface area contributed by atoms with Gasteiger partial charge in [0.1, 0.15) is 12.6 Å². The summed E-state index contributed by atoms with van der Waals surface area (Å²) in [6.07, 6.45) is 1.16. The smallest absolute Gasteiger partial charge is 0.244 e. The molecule has 12 heteroatoms. The van der Waals surface area contributed by atoms with Crippen molar-refractivity contribution in [1.29, 1.82) is 0 Å². The van der Waals surface area contributed by atoms with Crippen LogP contribution in [0.4, 0.5) is 5.69 Å². The number of nitrogens with one attached hydrogen (secondary N) is 1. The molecule has 0 heterocycles. The zero-order valence-electron chi connectivity index (χ0n) is 22.6. The molecule has 3 rings (SSSR count). The second-order valence-electron chi connectivity index (χ2n) is 8.85. The van der Waals surface area contributed by atoms with Crippen LogP contribution in [0.5, 0.6) is 11.5 Å². The third-order valence-electron chi connectivity index (χ3n) is 6.24. The fourth-order valence-corrected chi connectivity index (χ4v) is 5.53. The summed E-state index contributed by atoms with van der Waals surface area (Å²) in [5.74, 6) is -0.394. The molecule has 0 unspecified atom stereocenters. The maximum absolute atomic E-state index is 14.0. The lowest BCUT2D eigenvalue weighted by atomic mass is 10.0. The van der Waals surface area contributed by atoms with Gasteiger partial charge < -0.3 is 19.7 Å². The molecular weight excluding hydrogens is 577 g/mol. The first-order valence-corrected chi connectivity index (χ1v) is 14.8. The van der Waals surface area contributed by atoms with Crippen LogP contribution in [0.15, 0.2) is 66.7 Å². The molecule has 0 aromatic heterocycles. The summed E-state index contributed by atoms with van der Waals surface area (Å²) in [4.78, 5) is 28.5. The maximum Gasteiger partial charge on any atom is 0.244 e. The van der Waals surface area contributed by atoms with E-state index in [9.17, 15) is 18.0 Å². The molecule has 214 valence electrons. The molecule has 0 saturated carbocycles. The first kappa shape index (κ1) is 31.1. The van der Waals surface area contributed by atoms with E-state index in [1.54, 1.807) is 24.3 Å². The van der Waals surface area contributed by atoms with Crippen LogP contribution in [0.2, 0.25) is 10.0 Å². The largest absolute Gasteiger partial charge is 0.493 e. The Labute approximate surface area is 244 Å². The number of benzene rings is 3. The van der Waals surface area contributed by atoms with E-state index in [1.807, 2.05) is 30.3 Å². The molecule has 2 amide bonds. The second kappa shape index (κ2) is 13.7. The van der Waals surface area contributed by atoms with E-state index in [2.05, 4.69) is 5.32 Å². The van der Waals surface area contributed by atoms with Crippen LogP contribution >= 0.6 is 23.2 Å². The van der Waals surface area contributed by atoms with Gasteiger partial charge in [0, 0.05) is 41.7 Å². The van der Waals surface area contributed by atoms with Gasteiger partial charge in [-0.1, -0.05) is 59.6 Å². The molecule has 0 bridgehead atoms. The second-order valence-corrected chi connectivity index (χ2v) is 11.6. The third kappa shape index (κ3) is 7.59. The maximum atomic E-state index is 14.0. The van der Waals surface area contributed by atoms with Crippen LogP contribution < -0.4 is 19.1 Å². The molecule has 1 N–H and O–H groups in total. The first-order chi connectivity index (χ1) is 19.0. The van der Waals surface area contributed by atoms with Crippen molar-refractivity contribution in [3.8, 4) is 11.5 Å². The molecule has 40 heavy (non-hydrogen) atoms. The fraction of sp³-hybridized carbons (Fsp3) is 0.286. The number of anilines is 1. The Morgan fingerprint density at radius 3 is 2.10 bits per heavy atom. The third-order valence-corrected chi connectivity index (χ3v) is 8.09. The number of likely N-dealkylation sites (N-methyl/N-ethyl adjacent to an activating group) is 1. The zero-order chi connectivity index (χ0) is 29.4. The van der Waals surface area contributed by atoms with E-state index in [0.717, 1.165) is 16.1 Å². The Kier molecular flexibility index (Phi) is 10.7. The van der Waals surface area contributed by atoms with Gasteiger partial charge in [-0.25, -0.2) is 8.42 Å². The Bertz CT molecular complexity index is 1430. The normalized spacial score (nSPS) is 11.8. The van der Waals surface area contributed by atoms with Crippen LogP contribution in [-0.2, 0) is 32.6 Å². The highest BCUT2D eigenvalue weighted by Gasteiger charge is 2.33. The molecule has 3 aromatic rings. The lowest BCUT2D eigenvalue weighted by Gasteiger charge is -2.33. The van der Waals surface area contributed by atoms with Crippen molar-refractivity contribution in [2.75, 3.05) is 38.4 Å². The van der Waals surface area contributed by atoms with Crippen LogP contribution in [-0.4, -0.2) is 65.2 Å². The predicted molar refractivity (Wildman–Crippen MR) is 157 cm³/mol. The standard InChI is InChI=1S/C28H31Cl2N3O6S/c1-31-28(35)24(15-19-9-6-5-7-10-19)32(17-21-22(29)11-8-12-23(21)30)27(34)18-33(40(4,36)37)20-13-14-25(38-2)26(16-20)39-3/h5-14,16,24H,15,17-18H2,1-4H3,(H,31,35)/t24-/m1/s1. The highest BCUT2D eigenvalue weighted by atomic mass is 35.5. The van der Waals surface area contributed by atoms with Crippen LogP contribution in [0.1, 0.15) is 11.1 Å². The van der Waals surface area contributed by atoms with E-state index in [-0.39, 0.29) is 24.4 Å². The Hall–Kier alpha value is -3.47. The average molecular weight is 609 g/mol. The van der Waals surface area contributed by atoms with Crippen LogP contribution in [0.25, 0.3) is 0 Å². The molecule has 3 aromatic carbocycles. The number of ether oxygens (including phenoxy) is 2. The number of carbonyl (C=O) groups excluding carboxylic acids is 2. The van der Waals surface area contributed by atoms with Gasteiger partial charge in [-0.15, -0.1) is 0 Å². The van der Waals surface area contributed by atoms with Crippen molar-refractivity contribution in [3.05, 3.63) is 87.9 Å². The van der Waals surface area contributed by atoms with Crippen molar-refractivity contribution in [1.82, 2.24) is 10.2 Å². The molecule has 0 aliphatic rings. The van der Waals surface area contributed by atoms with E-state index < -0.39 is 34.4 Å². The van der Waals surface area contributed by atoms with E-state index in [4.69, 9.17) is 32.7 Å². The minimum Gasteiger partial charge on any atom is -0.493 e. The minimum absolute atomic E-state index is 0.133. The topological polar surface area (TPSA) is 105 Å². The number of sulfonamides is 1. The number of halogens is 2. The molecule has 0 aliphatic heterocycles. The molecule has 0 saturated heterocycles. The highest BCUT2D eigenvalue weighted by molar-refractivity contribution is 7.92. The monoisotopic (exact) mass is 607 g/mol. The average Bonchev–Trinajstić information content (AvgIpc) is 2.93. The van der Waals surface area contributed by atoms with Crippen molar-refractivity contribution in [2.24, 2.45) is 0 Å². The Morgan fingerprint density at radius 1 is 0.925 bits per heavy atom. The lowest BCUT2D eigenvalue weighted by Crippen LogP contribution is -2.53. The van der Waals surface area contributed by atoms with Gasteiger partial charge in [-0.3, -0.25) is 13.9 Å². The fourth-order valence-electron chi connectivity index (χ4n) is 4.17. The molecular formula is C28H31Cl2N3O6S. The number of hydrogen-bond donors (Lipinski definition) is 1. The summed E-state index contributed by atoms with van der Waals surface area (Å²) >= 11 is 12.9. The SMILES string of the molecule is CNC(=O)[C@@H](Cc1ccccc1)N(Cc1c(Cl)cccc1Cl)C(=O)CN(c1ccc(OC)c(OC)c1)S(C)(=O)=O.